The molecule has 5 heterocycles. The van der Waals surface area contributed by atoms with Crippen LogP contribution in [0.15, 0.2) is 12.1 Å². The molecule has 34 heavy (non-hydrogen) atoms. The van der Waals surface area contributed by atoms with Crippen molar-refractivity contribution in [3.05, 3.63) is 38.2 Å². The molecule has 0 spiro atoms. The van der Waals surface area contributed by atoms with Crippen molar-refractivity contribution < 1.29 is 9.53 Å². The number of aromatic nitrogens is 2. The zero-order valence-electron chi connectivity index (χ0n) is 19.7. The number of anilines is 1. The van der Waals surface area contributed by atoms with Crippen LogP contribution in [0.2, 0.25) is 0 Å². The number of aryl methyl sites for hydroxylation is 3. The van der Waals surface area contributed by atoms with Crippen molar-refractivity contribution in [1.29, 1.82) is 0 Å². The third kappa shape index (κ3) is 4.34. The summed E-state index contributed by atoms with van der Waals surface area (Å²) in [7, 11) is 0. The monoisotopic (exact) mass is 497 g/mol. The van der Waals surface area contributed by atoms with E-state index in [0.717, 1.165) is 93.2 Å². The average molecular weight is 498 g/mol. The largest absolute Gasteiger partial charge is 0.379 e. The molecule has 9 heteroatoms. The number of piperazine rings is 1. The minimum atomic E-state index is 0.159. The molecule has 1 amide bonds. The van der Waals surface area contributed by atoms with E-state index in [2.05, 4.69) is 16.7 Å². The maximum atomic E-state index is 13.0. The van der Waals surface area contributed by atoms with Gasteiger partial charge >= 0.3 is 0 Å². The maximum Gasteiger partial charge on any atom is 0.264 e. The second kappa shape index (κ2) is 9.53. The van der Waals surface area contributed by atoms with Crippen molar-refractivity contribution >= 4 is 44.6 Å². The third-order valence-electron chi connectivity index (χ3n) is 7.13. The summed E-state index contributed by atoms with van der Waals surface area (Å²) in [6, 6.07) is 3.99. The van der Waals surface area contributed by atoms with E-state index < -0.39 is 0 Å². The number of ether oxygens (including phenoxy) is 1. The molecule has 2 aliphatic heterocycles. The molecule has 0 saturated carbocycles. The average Bonchev–Trinajstić information content (AvgIpc) is 3.47. The van der Waals surface area contributed by atoms with Crippen LogP contribution in [0.5, 0.6) is 0 Å². The van der Waals surface area contributed by atoms with E-state index in [0.29, 0.717) is 0 Å². The molecule has 0 radical (unpaired) electrons. The fourth-order valence-electron chi connectivity index (χ4n) is 5.27. The lowest BCUT2D eigenvalue weighted by Crippen LogP contribution is -2.49. The summed E-state index contributed by atoms with van der Waals surface area (Å²) in [6.45, 7) is 9.32. The molecule has 180 valence electrons. The van der Waals surface area contributed by atoms with E-state index in [1.54, 1.807) is 11.3 Å². The normalized spacial score (nSPS) is 19.6. The van der Waals surface area contributed by atoms with Gasteiger partial charge in [-0.2, -0.15) is 0 Å². The predicted molar refractivity (Wildman–Crippen MR) is 137 cm³/mol. The topological polar surface area (TPSA) is 61.8 Å². The number of nitrogens with zero attached hydrogens (tertiary/aromatic N) is 5. The second-order valence-corrected chi connectivity index (χ2v) is 11.8. The molecule has 3 aliphatic rings. The standard InChI is InChI=1S/C25H31N5O2S2/c1-17-6-7-20(33-17)25(31)30-10-8-29(9-11-30)23-22-18-4-2-3-5-19(18)34-24(22)27-21(26-23)16-28-12-14-32-15-13-28/h6-7H,2-5,8-16H2,1H3. The quantitative estimate of drug-likeness (QED) is 0.547. The molecule has 0 atom stereocenters. The minimum Gasteiger partial charge on any atom is -0.379 e. The van der Waals surface area contributed by atoms with Gasteiger partial charge in [0, 0.05) is 49.0 Å². The molecule has 0 bridgehead atoms. The Morgan fingerprint density at radius 1 is 1.00 bits per heavy atom. The first kappa shape index (κ1) is 22.4. The Balaban J connectivity index is 1.28. The number of fused-ring (bicyclic) bond motifs is 3. The van der Waals surface area contributed by atoms with Crippen molar-refractivity contribution in [1.82, 2.24) is 19.8 Å². The van der Waals surface area contributed by atoms with Crippen LogP contribution in [-0.4, -0.2) is 78.2 Å². The van der Waals surface area contributed by atoms with E-state index in [-0.39, 0.29) is 5.91 Å². The molecule has 0 unspecified atom stereocenters. The Kier molecular flexibility index (Phi) is 6.28. The van der Waals surface area contributed by atoms with Gasteiger partial charge in [-0.1, -0.05) is 0 Å². The van der Waals surface area contributed by atoms with Gasteiger partial charge in [-0.15, -0.1) is 22.7 Å². The lowest BCUT2D eigenvalue weighted by Gasteiger charge is -2.36. The fraction of sp³-hybridized carbons (Fsp3) is 0.560. The number of amides is 1. The highest BCUT2D eigenvalue weighted by atomic mass is 32.1. The van der Waals surface area contributed by atoms with Gasteiger partial charge in [-0.05, 0) is 50.3 Å². The van der Waals surface area contributed by atoms with Gasteiger partial charge in [0.2, 0.25) is 0 Å². The van der Waals surface area contributed by atoms with Crippen molar-refractivity contribution in [2.45, 2.75) is 39.2 Å². The predicted octanol–water partition coefficient (Wildman–Crippen LogP) is 3.73. The van der Waals surface area contributed by atoms with Crippen molar-refractivity contribution in [3.63, 3.8) is 0 Å². The first-order chi connectivity index (χ1) is 16.7. The molecule has 0 aromatic carbocycles. The van der Waals surface area contributed by atoms with Crippen LogP contribution in [0.4, 0.5) is 5.82 Å². The number of carbonyl (C=O) groups is 1. The number of carbonyl (C=O) groups excluding carboxylic acids is 1. The van der Waals surface area contributed by atoms with Gasteiger partial charge in [-0.3, -0.25) is 9.69 Å². The van der Waals surface area contributed by atoms with Gasteiger partial charge in [0.1, 0.15) is 16.5 Å². The Hall–Kier alpha value is -2.07. The summed E-state index contributed by atoms with van der Waals surface area (Å²) in [5, 5.41) is 1.28. The Bertz CT molecular complexity index is 1190. The minimum absolute atomic E-state index is 0.159. The van der Waals surface area contributed by atoms with Crippen LogP contribution in [0.3, 0.4) is 0 Å². The van der Waals surface area contributed by atoms with Crippen LogP contribution in [0.25, 0.3) is 10.2 Å². The number of hydrogen-bond donors (Lipinski definition) is 0. The van der Waals surface area contributed by atoms with E-state index in [9.17, 15) is 4.79 Å². The van der Waals surface area contributed by atoms with Gasteiger partial charge in [-0.25, -0.2) is 9.97 Å². The van der Waals surface area contributed by atoms with E-state index in [1.165, 1.54) is 33.5 Å². The zero-order chi connectivity index (χ0) is 23.1. The highest BCUT2D eigenvalue weighted by Gasteiger charge is 2.28. The SMILES string of the molecule is Cc1ccc(C(=O)N2CCN(c3nc(CN4CCOCC4)nc4sc5c(c34)CCCC5)CC2)s1. The van der Waals surface area contributed by atoms with Crippen molar-refractivity contribution in [3.8, 4) is 0 Å². The molecule has 0 N–H and O–H groups in total. The molecule has 7 nitrogen and oxygen atoms in total. The highest BCUT2D eigenvalue weighted by Crippen LogP contribution is 2.40. The number of thiophene rings is 2. The smallest absolute Gasteiger partial charge is 0.264 e. The first-order valence-corrected chi connectivity index (χ1v) is 14.0. The van der Waals surface area contributed by atoms with Crippen molar-refractivity contribution in [2.75, 3.05) is 57.4 Å². The van der Waals surface area contributed by atoms with Crippen LogP contribution in [0, 0.1) is 6.92 Å². The molecule has 1 aliphatic carbocycles. The summed E-state index contributed by atoms with van der Waals surface area (Å²) in [5.41, 5.74) is 1.48. The lowest BCUT2D eigenvalue weighted by molar-refractivity contribution is 0.0331. The number of hydrogen-bond acceptors (Lipinski definition) is 8. The molecule has 2 saturated heterocycles. The van der Waals surface area contributed by atoms with E-state index >= 15 is 0 Å². The molecule has 6 rings (SSSR count). The van der Waals surface area contributed by atoms with Gasteiger partial charge in [0.15, 0.2) is 0 Å². The third-order valence-corrected chi connectivity index (χ3v) is 9.30. The second-order valence-electron chi connectivity index (χ2n) is 9.43. The molecule has 3 aromatic rings. The van der Waals surface area contributed by atoms with E-state index in [4.69, 9.17) is 14.7 Å². The Morgan fingerprint density at radius 2 is 1.79 bits per heavy atom. The van der Waals surface area contributed by atoms with Crippen molar-refractivity contribution in [2.24, 2.45) is 0 Å². The molecule has 3 aromatic heterocycles. The van der Waals surface area contributed by atoms with Crippen LogP contribution < -0.4 is 4.90 Å². The molecular weight excluding hydrogens is 466 g/mol. The van der Waals surface area contributed by atoms with Crippen LogP contribution in [-0.2, 0) is 24.1 Å². The zero-order valence-corrected chi connectivity index (χ0v) is 21.3. The summed E-state index contributed by atoms with van der Waals surface area (Å²) in [4.78, 5) is 34.7. The Morgan fingerprint density at radius 3 is 2.56 bits per heavy atom. The Labute approximate surface area is 208 Å². The van der Waals surface area contributed by atoms with Gasteiger partial charge in [0.25, 0.3) is 5.91 Å². The highest BCUT2D eigenvalue weighted by molar-refractivity contribution is 7.19. The molecule has 2 fully saturated rings. The fourth-order valence-corrected chi connectivity index (χ4v) is 7.38. The number of morpholine rings is 1. The van der Waals surface area contributed by atoms with Crippen LogP contribution >= 0.6 is 22.7 Å². The first-order valence-electron chi connectivity index (χ1n) is 12.4. The number of rotatable bonds is 4. The van der Waals surface area contributed by atoms with Gasteiger partial charge in [0.05, 0.1) is 30.0 Å². The summed E-state index contributed by atoms with van der Waals surface area (Å²) < 4.78 is 5.52. The summed E-state index contributed by atoms with van der Waals surface area (Å²) in [6.07, 6.45) is 4.81. The molecular formula is C25H31N5O2S2. The van der Waals surface area contributed by atoms with E-state index in [1.807, 2.05) is 28.4 Å². The summed E-state index contributed by atoms with van der Waals surface area (Å²) >= 11 is 3.46. The maximum absolute atomic E-state index is 13.0. The van der Waals surface area contributed by atoms with Crippen LogP contribution in [0.1, 0.15) is 43.7 Å². The summed E-state index contributed by atoms with van der Waals surface area (Å²) in [5.74, 6) is 2.16. The lowest BCUT2D eigenvalue weighted by atomic mass is 9.97. The van der Waals surface area contributed by atoms with Gasteiger partial charge < -0.3 is 14.5 Å².